The van der Waals surface area contributed by atoms with E-state index in [4.69, 9.17) is 4.74 Å². The highest BCUT2D eigenvalue weighted by atomic mass is 16.5. The summed E-state index contributed by atoms with van der Waals surface area (Å²) in [4.78, 5) is 43.1. The number of carbonyl (C=O) groups excluding carboxylic acids is 3. The Morgan fingerprint density at radius 2 is 1.69 bits per heavy atom. The number of benzene rings is 1. The van der Waals surface area contributed by atoms with E-state index in [1.807, 2.05) is 41.3 Å². The SMILES string of the molecule is COc1cccc(N2CCN(C(=O)CCN3C(=O)[C@H]4CC=CC[C@H]4C3=O)CC2)c1. The molecule has 0 N–H and O–H groups in total. The molecule has 0 radical (unpaired) electrons. The summed E-state index contributed by atoms with van der Waals surface area (Å²) < 4.78 is 5.28. The number of methoxy groups -OCH3 is 1. The zero-order chi connectivity index (χ0) is 20.4. The molecule has 1 aromatic rings. The average Bonchev–Trinajstić information content (AvgIpc) is 3.02. The molecule has 0 spiro atoms. The van der Waals surface area contributed by atoms with E-state index in [9.17, 15) is 14.4 Å². The number of amides is 3. The standard InChI is InChI=1S/C22H27N3O4/c1-29-17-6-4-5-16(15-17)23-11-13-24(14-12-23)20(26)9-10-25-21(27)18-7-2-3-8-19(18)22(25)28/h2-6,15,18-19H,7-14H2,1H3/t18-,19+. The van der Waals surface area contributed by atoms with Crippen LogP contribution in [0.5, 0.6) is 5.75 Å². The number of piperazine rings is 1. The first-order valence-electron chi connectivity index (χ1n) is 10.3. The maximum Gasteiger partial charge on any atom is 0.233 e. The Balaban J connectivity index is 1.28. The molecule has 0 bridgehead atoms. The monoisotopic (exact) mass is 397 g/mol. The predicted octanol–water partition coefficient (Wildman–Crippen LogP) is 1.69. The summed E-state index contributed by atoms with van der Waals surface area (Å²) in [6.45, 7) is 2.95. The lowest BCUT2D eigenvalue weighted by atomic mass is 9.85. The number of allylic oxidation sites excluding steroid dienone is 2. The minimum atomic E-state index is -0.228. The van der Waals surface area contributed by atoms with Crippen molar-refractivity contribution < 1.29 is 19.1 Å². The molecule has 7 heteroatoms. The fraction of sp³-hybridized carbons (Fsp3) is 0.500. The van der Waals surface area contributed by atoms with E-state index in [-0.39, 0.29) is 42.5 Å². The normalized spacial score (nSPS) is 24.1. The quantitative estimate of drug-likeness (QED) is 0.559. The van der Waals surface area contributed by atoms with Gasteiger partial charge in [-0.3, -0.25) is 19.3 Å². The Morgan fingerprint density at radius 3 is 2.31 bits per heavy atom. The molecule has 0 unspecified atom stereocenters. The lowest BCUT2D eigenvalue weighted by Crippen LogP contribution is -2.49. The number of nitrogens with zero attached hydrogens (tertiary/aromatic N) is 3. The fourth-order valence-electron chi connectivity index (χ4n) is 4.48. The highest BCUT2D eigenvalue weighted by molar-refractivity contribution is 6.05. The summed E-state index contributed by atoms with van der Waals surface area (Å²) in [7, 11) is 1.65. The first-order valence-corrected chi connectivity index (χ1v) is 10.3. The number of anilines is 1. The molecule has 2 atom stereocenters. The second-order valence-electron chi connectivity index (χ2n) is 7.80. The molecule has 154 valence electrons. The van der Waals surface area contributed by atoms with Crippen LogP contribution in [0.2, 0.25) is 0 Å². The van der Waals surface area contributed by atoms with Gasteiger partial charge in [0, 0.05) is 50.9 Å². The predicted molar refractivity (Wildman–Crippen MR) is 108 cm³/mol. The number of carbonyl (C=O) groups is 3. The Bertz CT molecular complexity index is 803. The van der Waals surface area contributed by atoms with Crippen LogP contribution in [0.1, 0.15) is 19.3 Å². The van der Waals surface area contributed by atoms with Gasteiger partial charge < -0.3 is 14.5 Å². The maximum absolute atomic E-state index is 12.7. The van der Waals surface area contributed by atoms with Crippen molar-refractivity contribution in [1.82, 2.24) is 9.80 Å². The number of hydrogen-bond acceptors (Lipinski definition) is 5. The molecule has 2 saturated heterocycles. The first-order chi connectivity index (χ1) is 14.1. The van der Waals surface area contributed by atoms with Gasteiger partial charge >= 0.3 is 0 Å². The summed E-state index contributed by atoms with van der Waals surface area (Å²) >= 11 is 0. The molecule has 29 heavy (non-hydrogen) atoms. The fourth-order valence-corrected chi connectivity index (χ4v) is 4.48. The van der Waals surface area contributed by atoms with E-state index in [1.165, 1.54) is 4.90 Å². The summed E-state index contributed by atoms with van der Waals surface area (Å²) in [6, 6.07) is 7.91. The van der Waals surface area contributed by atoms with Crippen molar-refractivity contribution in [3.8, 4) is 5.75 Å². The molecule has 0 aromatic heterocycles. The number of rotatable bonds is 5. The van der Waals surface area contributed by atoms with Crippen LogP contribution >= 0.6 is 0 Å². The molecule has 0 saturated carbocycles. The second-order valence-corrected chi connectivity index (χ2v) is 7.80. The van der Waals surface area contributed by atoms with E-state index in [0.717, 1.165) is 24.5 Å². The summed E-state index contributed by atoms with van der Waals surface area (Å²) in [5.41, 5.74) is 1.08. The van der Waals surface area contributed by atoms with Crippen molar-refractivity contribution in [2.75, 3.05) is 44.7 Å². The van der Waals surface area contributed by atoms with E-state index >= 15 is 0 Å². The van der Waals surface area contributed by atoms with E-state index in [0.29, 0.717) is 25.9 Å². The number of fused-ring (bicyclic) bond motifs is 1. The van der Waals surface area contributed by atoms with Crippen LogP contribution in [0.3, 0.4) is 0 Å². The second kappa shape index (κ2) is 8.27. The summed E-state index contributed by atoms with van der Waals surface area (Å²) in [5.74, 6) is 0.142. The molecule has 7 nitrogen and oxygen atoms in total. The van der Waals surface area contributed by atoms with Crippen LogP contribution in [-0.4, -0.2) is 67.4 Å². The van der Waals surface area contributed by atoms with Crippen molar-refractivity contribution in [1.29, 1.82) is 0 Å². The third kappa shape index (κ3) is 3.86. The summed E-state index contributed by atoms with van der Waals surface area (Å²) in [5, 5.41) is 0. The zero-order valence-electron chi connectivity index (χ0n) is 16.8. The van der Waals surface area contributed by atoms with E-state index in [1.54, 1.807) is 7.11 Å². The van der Waals surface area contributed by atoms with Crippen molar-refractivity contribution in [3.05, 3.63) is 36.4 Å². The van der Waals surface area contributed by atoms with Gasteiger partial charge in [0.1, 0.15) is 5.75 Å². The van der Waals surface area contributed by atoms with Crippen molar-refractivity contribution >= 4 is 23.4 Å². The summed E-state index contributed by atoms with van der Waals surface area (Å²) in [6.07, 6.45) is 5.41. The first kappa shape index (κ1) is 19.5. The Kier molecular flexibility index (Phi) is 5.56. The topological polar surface area (TPSA) is 70.2 Å². The van der Waals surface area contributed by atoms with Crippen LogP contribution in [0, 0.1) is 11.8 Å². The van der Waals surface area contributed by atoms with Crippen molar-refractivity contribution in [2.45, 2.75) is 19.3 Å². The number of likely N-dealkylation sites (tertiary alicyclic amines) is 1. The number of imide groups is 1. The van der Waals surface area contributed by atoms with Gasteiger partial charge in [-0.15, -0.1) is 0 Å². The minimum Gasteiger partial charge on any atom is -0.497 e. The average molecular weight is 397 g/mol. The van der Waals surface area contributed by atoms with Crippen LogP contribution in [0.4, 0.5) is 5.69 Å². The maximum atomic E-state index is 12.7. The van der Waals surface area contributed by atoms with Gasteiger partial charge in [0.2, 0.25) is 17.7 Å². The minimum absolute atomic E-state index is 0.00360. The molecular formula is C22H27N3O4. The number of ether oxygens (including phenoxy) is 1. The van der Waals surface area contributed by atoms with Crippen LogP contribution in [0.15, 0.2) is 36.4 Å². The lowest BCUT2D eigenvalue weighted by Gasteiger charge is -2.36. The Hall–Kier alpha value is -2.83. The Labute approximate surface area is 170 Å². The lowest BCUT2D eigenvalue weighted by molar-refractivity contribution is -0.140. The van der Waals surface area contributed by atoms with Crippen molar-refractivity contribution in [2.24, 2.45) is 11.8 Å². The van der Waals surface area contributed by atoms with Gasteiger partial charge in [-0.1, -0.05) is 18.2 Å². The van der Waals surface area contributed by atoms with Gasteiger partial charge in [-0.25, -0.2) is 0 Å². The van der Waals surface area contributed by atoms with Crippen LogP contribution in [-0.2, 0) is 14.4 Å². The smallest absolute Gasteiger partial charge is 0.233 e. The molecular weight excluding hydrogens is 370 g/mol. The number of hydrogen-bond donors (Lipinski definition) is 0. The third-order valence-electron chi connectivity index (χ3n) is 6.20. The van der Waals surface area contributed by atoms with Crippen LogP contribution in [0.25, 0.3) is 0 Å². The molecule has 2 aliphatic heterocycles. The highest BCUT2D eigenvalue weighted by Gasteiger charge is 2.47. The molecule has 1 aromatic carbocycles. The molecule has 4 rings (SSSR count). The third-order valence-corrected chi connectivity index (χ3v) is 6.20. The molecule has 3 aliphatic rings. The zero-order valence-corrected chi connectivity index (χ0v) is 16.8. The van der Waals surface area contributed by atoms with Gasteiger partial charge in [0.05, 0.1) is 18.9 Å². The molecule has 2 heterocycles. The van der Waals surface area contributed by atoms with Crippen LogP contribution < -0.4 is 9.64 Å². The highest BCUT2D eigenvalue weighted by Crippen LogP contribution is 2.35. The van der Waals surface area contributed by atoms with E-state index in [2.05, 4.69) is 4.90 Å². The van der Waals surface area contributed by atoms with Gasteiger partial charge in [-0.05, 0) is 25.0 Å². The van der Waals surface area contributed by atoms with Crippen molar-refractivity contribution in [3.63, 3.8) is 0 Å². The largest absolute Gasteiger partial charge is 0.497 e. The van der Waals surface area contributed by atoms with Gasteiger partial charge in [-0.2, -0.15) is 0 Å². The van der Waals surface area contributed by atoms with Gasteiger partial charge in [0.25, 0.3) is 0 Å². The Morgan fingerprint density at radius 1 is 1.03 bits per heavy atom. The molecule has 1 aliphatic carbocycles. The molecule has 3 amide bonds. The molecule has 2 fully saturated rings. The van der Waals surface area contributed by atoms with Gasteiger partial charge in [0.15, 0.2) is 0 Å². The van der Waals surface area contributed by atoms with E-state index < -0.39 is 0 Å².